The van der Waals surface area contributed by atoms with E-state index in [1.165, 1.54) is 18.9 Å². The van der Waals surface area contributed by atoms with Crippen molar-refractivity contribution in [1.29, 1.82) is 0 Å². The SMILES string of the molecule is CCCCCN1CC(N)=CC1=O. The molecule has 1 aliphatic heterocycles. The van der Waals surface area contributed by atoms with E-state index in [1.807, 2.05) is 0 Å². The maximum absolute atomic E-state index is 11.1. The molecule has 3 nitrogen and oxygen atoms in total. The summed E-state index contributed by atoms with van der Waals surface area (Å²) in [4.78, 5) is 12.9. The van der Waals surface area contributed by atoms with Crippen molar-refractivity contribution in [1.82, 2.24) is 4.90 Å². The van der Waals surface area contributed by atoms with Crippen molar-refractivity contribution in [2.75, 3.05) is 13.1 Å². The van der Waals surface area contributed by atoms with Crippen LogP contribution in [0.1, 0.15) is 26.2 Å². The van der Waals surface area contributed by atoms with Crippen LogP contribution in [0.2, 0.25) is 0 Å². The van der Waals surface area contributed by atoms with Gasteiger partial charge in [-0.15, -0.1) is 0 Å². The van der Waals surface area contributed by atoms with Gasteiger partial charge in [-0.1, -0.05) is 19.8 Å². The average Bonchev–Trinajstić information content (AvgIpc) is 2.31. The molecule has 2 N–H and O–H groups in total. The van der Waals surface area contributed by atoms with E-state index in [2.05, 4.69) is 6.92 Å². The Labute approximate surface area is 73.2 Å². The number of unbranched alkanes of at least 4 members (excludes halogenated alkanes) is 2. The van der Waals surface area contributed by atoms with Gasteiger partial charge in [-0.3, -0.25) is 4.79 Å². The first-order valence-corrected chi connectivity index (χ1v) is 4.49. The number of carbonyl (C=O) groups is 1. The zero-order valence-corrected chi connectivity index (χ0v) is 7.55. The summed E-state index contributed by atoms with van der Waals surface area (Å²) in [5.41, 5.74) is 6.21. The van der Waals surface area contributed by atoms with Crippen LogP contribution in [-0.2, 0) is 4.79 Å². The van der Waals surface area contributed by atoms with E-state index in [4.69, 9.17) is 5.73 Å². The fourth-order valence-electron chi connectivity index (χ4n) is 1.34. The van der Waals surface area contributed by atoms with E-state index >= 15 is 0 Å². The predicted octanol–water partition coefficient (Wildman–Crippen LogP) is 0.861. The lowest BCUT2D eigenvalue weighted by molar-refractivity contribution is -0.124. The Balaban J connectivity index is 2.23. The highest BCUT2D eigenvalue weighted by molar-refractivity contribution is 5.90. The third kappa shape index (κ3) is 2.26. The van der Waals surface area contributed by atoms with Crippen molar-refractivity contribution in [2.24, 2.45) is 5.73 Å². The Morgan fingerprint density at radius 3 is 2.83 bits per heavy atom. The maximum atomic E-state index is 11.1. The molecule has 0 aromatic carbocycles. The first-order chi connectivity index (χ1) is 5.74. The lowest BCUT2D eigenvalue weighted by Gasteiger charge is -2.14. The highest BCUT2D eigenvalue weighted by Crippen LogP contribution is 2.07. The number of carbonyl (C=O) groups excluding carboxylic acids is 1. The first kappa shape index (κ1) is 9.10. The van der Waals surface area contributed by atoms with Crippen molar-refractivity contribution in [3.63, 3.8) is 0 Å². The van der Waals surface area contributed by atoms with Crippen LogP contribution >= 0.6 is 0 Å². The number of hydrogen-bond donors (Lipinski definition) is 1. The van der Waals surface area contributed by atoms with Crippen molar-refractivity contribution in [2.45, 2.75) is 26.2 Å². The van der Waals surface area contributed by atoms with Crippen molar-refractivity contribution in [3.8, 4) is 0 Å². The van der Waals surface area contributed by atoms with Crippen LogP contribution in [0.3, 0.4) is 0 Å². The standard InChI is InChI=1S/C9H16N2O/c1-2-3-4-5-11-7-8(10)6-9(11)12/h6H,2-5,7,10H2,1H3. The Morgan fingerprint density at radius 2 is 2.33 bits per heavy atom. The molecule has 0 spiro atoms. The second-order valence-corrected chi connectivity index (χ2v) is 3.19. The molecule has 1 amide bonds. The third-order valence-electron chi connectivity index (χ3n) is 2.03. The molecule has 3 heteroatoms. The van der Waals surface area contributed by atoms with Crippen LogP contribution in [-0.4, -0.2) is 23.9 Å². The molecule has 0 aromatic rings. The van der Waals surface area contributed by atoms with E-state index in [0.29, 0.717) is 12.2 Å². The zero-order valence-electron chi connectivity index (χ0n) is 7.55. The van der Waals surface area contributed by atoms with Gasteiger partial charge in [-0.05, 0) is 6.42 Å². The molecule has 68 valence electrons. The third-order valence-corrected chi connectivity index (χ3v) is 2.03. The van der Waals surface area contributed by atoms with E-state index < -0.39 is 0 Å². The molecule has 0 bridgehead atoms. The van der Waals surface area contributed by atoms with E-state index in [1.54, 1.807) is 4.90 Å². The molecule has 0 radical (unpaired) electrons. The molecule has 0 fully saturated rings. The molecular formula is C9H16N2O. The monoisotopic (exact) mass is 168 g/mol. The molecule has 1 rings (SSSR count). The van der Waals surface area contributed by atoms with Gasteiger partial charge < -0.3 is 10.6 Å². The summed E-state index contributed by atoms with van der Waals surface area (Å²) in [7, 11) is 0. The van der Waals surface area contributed by atoms with Crippen LogP contribution in [0.4, 0.5) is 0 Å². The quantitative estimate of drug-likeness (QED) is 0.633. The van der Waals surface area contributed by atoms with Gasteiger partial charge in [0.05, 0.1) is 6.54 Å². The molecule has 12 heavy (non-hydrogen) atoms. The van der Waals surface area contributed by atoms with Crippen molar-refractivity contribution < 1.29 is 4.79 Å². The Hall–Kier alpha value is -0.990. The predicted molar refractivity (Wildman–Crippen MR) is 48.4 cm³/mol. The molecular weight excluding hydrogens is 152 g/mol. The Bertz CT molecular complexity index is 199. The molecule has 0 atom stereocenters. The van der Waals surface area contributed by atoms with Crippen LogP contribution in [0.15, 0.2) is 11.8 Å². The summed E-state index contributed by atoms with van der Waals surface area (Å²) in [5, 5.41) is 0. The maximum Gasteiger partial charge on any atom is 0.248 e. The minimum Gasteiger partial charge on any atom is -0.400 e. The van der Waals surface area contributed by atoms with Gasteiger partial charge in [0.15, 0.2) is 0 Å². The Morgan fingerprint density at radius 1 is 1.58 bits per heavy atom. The normalized spacial score (nSPS) is 16.9. The molecule has 1 aliphatic rings. The molecule has 0 saturated carbocycles. The van der Waals surface area contributed by atoms with Gasteiger partial charge in [-0.25, -0.2) is 0 Å². The van der Waals surface area contributed by atoms with Gasteiger partial charge in [0.25, 0.3) is 0 Å². The zero-order chi connectivity index (χ0) is 8.97. The molecule has 1 heterocycles. The summed E-state index contributed by atoms with van der Waals surface area (Å²) in [6.45, 7) is 3.63. The topological polar surface area (TPSA) is 46.3 Å². The van der Waals surface area contributed by atoms with Gasteiger partial charge >= 0.3 is 0 Å². The second-order valence-electron chi connectivity index (χ2n) is 3.19. The minimum absolute atomic E-state index is 0.0728. The van der Waals surface area contributed by atoms with Crippen LogP contribution in [0, 0.1) is 0 Å². The molecule has 0 unspecified atom stereocenters. The first-order valence-electron chi connectivity index (χ1n) is 4.49. The smallest absolute Gasteiger partial charge is 0.248 e. The largest absolute Gasteiger partial charge is 0.400 e. The van der Waals surface area contributed by atoms with Crippen molar-refractivity contribution >= 4 is 5.91 Å². The molecule has 0 aliphatic carbocycles. The highest BCUT2D eigenvalue weighted by atomic mass is 16.2. The molecule has 0 saturated heterocycles. The van der Waals surface area contributed by atoms with Crippen LogP contribution < -0.4 is 5.73 Å². The Kier molecular flexibility index (Phi) is 3.14. The van der Waals surface area contributed by atoms with E-state index in [-0.39, 0.29) is 5.91 Å². The van der Waals surface area contributed by atoms with Crippen molar-refractivity contribution in [3.05, 3.63) is 11.8 Å². The molecule has 0 aromatic heterocycles. The number of hydrogen-bond acceptors (Lipinski definition) is 2. The summed E-state index contributed by atoms with van der Waals surface area (Å²) >= 11 is 0. The summed E-state index contributed by atoms with van der Waals surface area (Å²) in [6.07, 6.45) is 4.98. The van der Waals surface area contributed by atoms with Gasteiger partial charge in [0.1, 0.15) is 0 Å². The lowest BCUT2D eigenvalue weighted by Crippen LogP contribution is -2.27. The number of rotatable bonds is 4. The average molecular weight is 168 g/mol. The van der Waals surface area contributed by atoms with Gasteiger partial charge in [-0.2, -0.15) is 0 Å². The fourth-order valence-corrected chi connectivity index (χ4v) is 1.34. The summed E-state index contributed by atoms with van der Waals surface area (Å²) in [5.74, 6) is 0.0728. The van der Waals surface area contributed by atoms with Crippen LogP contribution in [0.5, 0.6) is 0 Å². The van der Waals surface area contributed by atoms with Gasteiger partial charge in [0, 0.05) is 18.3 Å². The van der Waals surface area contributed by atoms with Crippen LogP contribution in [0.25, 0.3) is 0 Å². The number of nitrogens with two attached hydrogens (primary N) is 1. The minimum atomic E-state index is 0.0728. The highest BCUT2D eigenvalue weighted by Gasteiger charge is 2.17. The summed E-state index contributed by atoms with van der Waals surface area (Å²) in [6, 6.07) is 0. The van der Waals surface area contributed by atoms with Gasteiger partial charge in [0.2, 0.25) is 5.91 Å². The summed E-state index contributed by atoms with van der Waals surface area (Å²) < 4.78 is 0. The van der Waals surface area contributed by atoms with E-state index in [9.17, 15) is 4.79 Å². The number of amides is 1. The number of nitrogens with zero attached hydrogens (tertiary/aromatic N) is 1. The second kappa shape index (κ2) is 4.14. The fraction of sp³-hybridized carbons (Fsp3) is 0.667. The lowest BCUT2D eigenvalue weighted by atomic mass is 10.2. The van der Waals surface area contributed by atoms with E-state index in [0.717, 1.165) is 13.0 Å².